The maximum Gasteiger partial charge on any atom is 0.317 e. The van der Waals surface area contributed by atoms with Gasteiger partial charge in [0.05, 0.1) is 19.1 Å². The molecule has 2 fully saturated rings. The van der Waals surface area contributed by atoms with Gasteiger partial charge in [-0.2, -0.15) is 0 Å². The summed E-state index contributed by atoms with van der Waals surface area (Å²) in [5.41, 5.74) is 0.584. The predicted octanol–water partition coefficient (Wildman–Crippen LogP) is 2.60. The molecule has 0 radical (unpaired) electrons. The van der Waals surface area contributed by atoms with Crippen molar-refractivity contribution in [3.05, 3.63) is 29.6 Å². The summed E-state index contributed by atoms with van der Waals surface area (Å²) in [5.74, 6) is 0.0372. The third-order valence-electron chi connectivity index (χ3n) is 5.00. The first-order valence-corrected chi connectivity index (χ1v) is 9.17. The van der Waals surface area contributed by atoms with Crippen LogP contribution in [-0.2, 0) is 4.79 Å². The number of carbonyl (C=O) groups excluding carboxylic acids is 2. The molecule has 0 bridgehead atoms. The van der Waals surface area contributed by atoms with Gasteiger partial charge in [-0.3, -0.25) is 4.79 Å². The number of methoxy groups -OCH3 is 1. The molecule has 6 nitrogen and oxygen atoms in total. The molecule has 0 unspecified atom stereocenters. The first-order valence-electron chi connectivity index (χ1n) is 9.17. The van der Waals surface area contributed by atoms with Gasteiger partial charge < -0.3 is 20.3 Å². The highest BCUT2D eigenvalue weighted by molar-refractivity contribution is 5.81. The summed E-state index contributed by atoms with van der Waals surface area (Å²) >= 11 is 0. The van der Waals surface area contributed by atoms with Crippen molar-refractivity contribution in [3.8, 4) is 5.75 Å². The van der Waals surface area contributed by atoms with E-state index in [9.17, 15) is 14.0 Å². The highest BCUT2D eigenvalue weighted by atomic mass is 19.1. The van der Waals surface area contributed by atoms with E-state index in [1.54, 1.807) is 17.9 Å². The zero-order valence-corrected chi connectivity index (χ0v) is 15.3. The van der Waals surface area contributed by atoms with Crippen LogP contribution in [0.25, 0.3) is 0 Å². The number of hydrogen-bond acceptors (Lipinski definition) is 3. The van der Waals surface area contributed by atoms with Crippen molar-refractivity contribution in [1.29, 1.82) is 0 Å². The lowest BCUT2D eigenvalue weighted by atomic mass is 9.97. The molecule has 2 atom stereocenters. The van der Waals surface area contributed by atoms with Crippen LogP contribution in [-0.4, -0.2) is 43.1 Å². The SMILES string of the molecule is COc1ccc(F)cc1[C@H](C)NC(=O)N1CCC[C@@H](C(=O)NC2CC2)C1. The van der Waals surface area contributed by atoms with Crippen molar-refractivity contribution in [2.24, 2.45) is 5.92 Å². The Kier molecular flexibility index (Phi) is 5.64. The molecule has 0 spiro atoms. The van der Waals surface area contributed by atoms with Gasteiger partial charge in [0.2, 0.25) is 5.91 Å². The van der Waals surface area contributed by atoms with Crippen LogP contribution in [0.15, 0.2) is 18.2 Å². The number of benzene rings is 1. The lowest BCUT2D eigenvalue weighted by Gasteiger charge is -2.33. The van der Waals surface area contributed by atoms with Crippen molar-refractivity contribution < 1.29 is 18.7 Å². The van der Waals surface area contributed by atoms with Crippen LogP contribution in [0.2, 0.25) is 0 Å². The van der Waals surface area contributed by atoms with Crippen LogP contribution in [0.4, 0.5) is 9.18 Å². The Balaban J connectivity index is 1.60. The van der Waals surface area contributed by atoms with Crippen molar-refractivity contribution >= 4 is 11.9 Å². The van der Waals surface area contributed by atoms with Gasteiger partial charge in [-0.15, -0.1) is 0 Å². The average Bonchev–Trinajstić information content (AvgIpc) is 3.45. The van der Waals surface area contributed by atoms with E-state index >= 15 is 0 Å². The minimum atomic E-state index is -0.409. The number of nitrogens with zero attached hydrogens (tertiary/aromatic N) is 1. The van der Waals surface area contributed by atoms with Gasteiger partial charge in [-0.05, 0) is 50.8 Å². The van der Waals surface area contributed by atoms with Gasteiger partial charge in [0, 0.05) is 24.7 Å². The number of likely N-dealkylation sites (tertiary alicyclic amines) is 1. The molecule has 1 aromatic rings. The molecule has 1 heterocycles. The summed E-state index contributed by atoms with van der Waals surface area (Å²) in [7, 11) is 1.51. The van der Waals surface area contributed by atoms with Gasteiger partial charge in [-0.1, -0.05) is 0 Å². The standard InChI is InChI=1S/C19H26FN3O3/c1-12(16-10-14(20)5-8-17(16)26-2)21-19(25)23-9-3-4-13(11-23)18(24)22-15-6-7-15/h5,8,10,12-13,15H,3-4,6-7,9,11H2,1-2H3,(H,21,25)(H,22,24)/t12-,13+/m0/s1. The number of hydrogen-bond donors (Lipinski definition) is 2. The summed E-state index contributed by atoms with van der Waals surface area (Å²) in [6.07, 6.45) is 3.70. The first-order chi connectivity index (χ1) is 12.5. The average molecular weight is 363 g/mol. The van der Waals surface area contributed by atoms with Gasteiger partial charge >= 0.3 is 6.03 Å². The number of rotatable bonds is 5. The molecule has 3 amide bonds. The van der Waals surface area contributed by atoms with Crippen LogP contribution < -0.4 is 15.4 Å². The molecule has 7 heteroatoms. The van der Waals surface area contributed by atoms with Crippen LogP contribution in [0, 0.1) is 11.7 Å². The predicted molar refractivity (Wildman–Crippen MR) is 95.4 cm³/mol. The van der Waals surface area contributed by atoms with Crippen LogP contribution >= 0.6 is 0 Å². The molecular weight excluding hydrogens is 337 g/mol. The van der Waals surface area contributed by atoms with Gasteiger partial charge in [0.25, 0.3) is 0 Å². The van der Waals surface area contributed by atoms with E-state index in [-0.39, 0.29) is 23.7 Å². The molecule has 2 N–H and O–H groups in total. The van der Waals surface area contributed by atoms with E-state index in [1.165, 1.54) is 19.2 Å². The Morgan fingerprint density at radius 3 is 2.77 bits per heavy atom. The van der Waals surface area contributed by atoms with E-state index in [1.807, 2.05) is 0 Å². The molecule has 2 aliphatic rings. The summed E-state index contributed by atoms with van der Waals surface area (Å²) in [6, 6.07) is 3.91. The largest absolute Gasteiger partial charge is 0.496 e. The van der Waals surface area contributed by atoms with E-state index in [0.29, 0.717) is 30.4 Å². The second-order valence-corrected chi connectivity index (χ2v) is 7.13. The van der Waals surface area contributed by atoms with Gasteiger partial charge in [0.1, 0.15) is 11.6 Å². The zero-order valence-electron chi connectivity index (χ0n) is 15.3. The normalized spacial score (nSPS) is 21.0. The summed E-state index contributed by atoms with van der Waals surface area (Å²) in [6.45, 7) is 2.82. The van der Waals surface area contributed by atoms with Crippen LogP contribution in [0.5, 0.6) is 5.75 Å². The van der Waals surface area contributed by atoms with Crippen LogP contribution in [0.1, 0.15) is 44.2 Å². The second kappa shape index (κ2) is 7.93. The minimum absolute atomic E-state index is 0.0462. The van der Waals surface area contributed by atoms with E-state index in [4.69, 9.17) is 4.74 Å². The van der Waals surface area contributed by atoms with Crippen molar-refractivity contribution in [3.63, 3.8) is 0 Å². The molecule has 1 saturated heterocycles. The van der Waals surface area contributed by atoms with Gasteiger partial charge in [-0.25, -0.2) is 9.18 Å². The lowest BCUT2D eigenvalue weighted by molar-refractivity contribution is -0.126. The molecule has 1 aliphatic carbocycles. The second-order valence-electron chi connectivity index (χ2n) is 7.13. The fourth-order valence-corrected chi connectivity index (χ4v) is 3.32. The molecule has 0 aromatic heterocycles. The Morgan fingerprint density at radius 1 is 1.31 bits per heavy atom. The smallest absolute Gasteiger partial charge is 0.317 e. The number of amides is 3. The molecule has 1 saturated carbocycles. The third-order valence-corrected chi connectivity index (χ3v) is 5.00. The fourth-order valence-electron chi connectivity index (χ4n) is 3.32. The van der Waals surface area contributed by atoms with E-state index in [0.717, 1.165) is 25.7 Å². The Hall–Kier alpha value is -2.31. The number of nitrogens with one attached hydrogen (secondary N) is 2. The number of carbonyl (C=O) groups is 2. The van der Waals surface area contributed by atoms with Crippen LogP contribution in [0.3, 0.4) is 0 Å². The van der Waals surface area contributed by atoms with E-state index in [2.05, 4.69) is 10.6 Å². The third kappa shape index (κ3) is 4.45. The Bertz CT molecular complexity index is 678. The maximum absolute atomic E-state index is 13.6. The van der Waals surface area contributed by atoms with E-state index < -0.39 is 6.04 Å². The topological polar surface area (TPSA) is 70.7 Å². The molecule has 142 valence electrons. The fraction of sp³-hybridized carbons (Fsp3) is 0.579. The summed E-state index contributed by atoms with van der Waals surface area (Å²) in [4.78, 5) is 26.5. The summed E-state index contributed by atoms with van der Waals surface area (Å²) in [5, 5.41) is 5.90. The molecule has 1 aliphatic heterocycles. The highest BCUT2D eigenvalue weighted by Gasteiger charge is 2.32. The summed E-state index contributed by atoms with van der Waals surface area (Å²) < 4.78 is 18.8. The number of piperidine rings is 1. The number of ether oxygens (including phenoxy) is 1. The van der Waals surface area contributed by atoms with Gasteiger partial charge in [0.15, 0.2) is 0 Å². The quantitative estimate of drug-likeness (QED) is 0.845. The zero-order chi connectivity index (χ0) is 18.7. The Morgan fingerprint density at radius 2 is 2.08 bits per heavy atom. The van der Waals surface area contributed by atoms with Crippen molar-refractivity contribution in [2.45, 2.75) is 44.7 Å². The molecule has 1 aromatic carbocycles. The maximum atomic E-state index is 13.6. The molecule has 26 heavy (non-hydrogen) atoms. The molecular formula is C19H26FN3O3. The minimum Gasteiger partial charge on any atom is -0.496 e. The number of urea groups is 1. The van der Waals surface area contributed by atoms with Crippen molar-refractivity contribution in [1.82, 2.24) is 15.5 Å². The Labute approximate surface area is 153 Å². The number of halogens is 1. The first kappa shape index (κ1) is 18.5. The van der Waals surface area contributed by atoms with Crippen molar-refractivity contribution in [2.75, 3.05) is 20.2 Å². The molecule has 3 rings (SSSR count). The highest BCUT2D eigenvalue weighted by Crippen LogP contribution is 2.27. The lowest BCUT2D eigenvalue weighted by Crippen LogP contribution is -2.49. The monoisotopic (exact) mass is 363 g/mol.